The normalized spacial score (nSPS) is 13.0. The average Bonchev–Trinajstić information content (AvgIpc) is 3.25. The van der Waals surface area contributed by atoms with Crippen LogP contribution in [0.15, 0.2) is 53.4 Å². The zero-order valence-corrected chi connectivity index (χ0v) is 19.9. The van der Waals surface area contributed by atoms with Crippen LogP contribution in [-0.2, 0) is 21.0 Å². The third kappa shape index (κ3) is 6.10. The molecule has 0 aliphatic heterocycles. The van der Waals surface area contributed by atoms with Gasteiger partial charge in [-0.1, -0.05) is 31.3 Å². The molecule has 1 amide bonds. The van der Waals surface area contributed by atoms with Gasteiger partial charge in [-0.25, -0.2) is 8.42 Å². The van der Waals surface area contributed by atoms with Gasteiger partial charge in [-0.2, -0.15) is 17.9 Å². The Labute approximate surface area is 198 Å². The Kier molecular flexibility index (Phi) is 7.58. The molecule has 1 atom stereocenters. The number of amides is 1. The maximum atomic E-state index is 13.0. The van der Waals surface area contributed by atoms with Gasteiger partial charge in [0.25, 0.3) is 0 Å². The summed E-state index contributed by atoms with van der Waals surface area (Å²) in [5.74, 6) is -0.577. The van der Waals surface area contributed by atoms with Gasteiger partial charge in [0.2, 0.25) is 21.1 Å². The Morgan fingerprint density at radius 2 is 1.76 bits per heavy atom. The number of rotatable bonds is 8. The maximum absolute atomic E-state index is 13.0. The van der Waals surface area contributed by atoms with Gasteiger partial charge in [0.15, 0.2) is 0 Å². The summed E-state index contributed by atoms with van der Waals surface area (Å²) in [6, 6.07) is 9.05. The standard InChI is InChI=1S/C21H21F3N4O4S2/c1-12(2)17(28-34(30,31)16-6-4-5-14(11-16)21(22,23)24)18(29)25-20-27-26-19(33-20)13-7-9-15(32-3)10-8-13/h4-12,17,28H,1-3H3,(H,25,27,29). The second kappa shape index (κ2) is 10.1. The first-order valence-corrected chi connectivity index (χ1v) is 12.2. The molecule has 34 heavy (non-hydrogen) atoms. The topological polar surface area (TPSA) is 110 Å². The number of methoxy groups -OCH3 is 1. The van der Waals surface area contributed by atoms with Crippen LogP contribution < -0.4 is 14.8 Å². The number of alkyl halides is 3. The first-order chi connectivity index (χ1) is 15.9. The molecule has 13 heteroatoms. The number of ether oxygens (including phenoxy) is 1. The van der Waals surface area contributed by atoms with Crippen LogP contribution in [0.1, 0.15) is 19.4 Å². The molecule has 2 aromatic carbocycles. The third-order valence-electron chi connectivity index (χ3n) is 4.70. The minimum absolute atomic E-state index is 0.139. The number of aromatic nitrogens is 2. The number of hydrogen-bond donors (Lipinski definition) is 2. The molecular weight excluding hydrogens is 493 g/mol. The van der Waals surface area contributed by atoms with Gasteiger partial charge in [-0.05, 0) is 48.4 Å². The van der Waals surface area contributed by atoms with Crippen molar-refractivity contribution in [2.75, 3.05) is 12.4 Å². The van der Waals surface area contributed by atoms with E-state index in [0.29, 0.717) is 16.8 Å². The number of carbonyl (C=O) groups excluding carboxylic acids is 1. The molecule has 1 aromatic heterocycles. The first kappa shape index (κ1) is 25.6. The fraction of sp³-hybridized carbons (Fsp3) is 0.286. The lowest BCUT2D eigenvalue weighted by Crippen LogP contribution is -2.47. The summed E-state index contributed by atoms with van der Waals surface area (Å²) in [6.07, 6.45) is -4.71. The van der Waals surface area contributed by atoms with Gasteiger partial charge in [0, 0.05) is 5.56 Å². The highest BCUT2D eigenvalue weighted by Gasteiger charge is 2.33. The van der Waals surface area contributed by atoms with Crippen molar-refractivity contribution in [3.8, 4) is 16.3 Å². The summed E-state index contributed by atoms with van der Waals surface area (Å²) in [6.45, 7) is 3.20. The van der Waals surface area contributed by atoms with Gasteiger partial charge in [0.05, 0.1) is 17.6 Å². The van der Waals surface area contributed by atoms with E-state index in [9.17, 15) is 26.4 Å². The zero-order chi connectivity index (χ0) is 25.1. The van der Waals surface area contributed by atoms with Crippen LogP contribution in [0.5, 0.6) is 5.75 Å². The van der Waals surface area contributed by atoms with Crippen molar-refractivity contribution in [3.63, 3.8) is 0 Å². The average molecular weight is 515 g/mol. The molecule has 8 nitrogen and oxygen atoms in total. The van der Waals surface area contributed by atoms with Crippen molar-refractivity contribution in [1.82, 2.24) is 14.9 Å². The van der Waals surface area contributed by atoms with Crippen LogP contribution in [-0.4, -0.2) is 37.7 Å². The van der Waals surface area contributed by atoms with Gasteiger partial charge in [-0.3, -0.25) is 10.1 Å². The Hall–Kier alpha value is -3.03. The van der Waals surface area contributed by atoms with E-state index in [2.05, 4.69) is 20.2 Å². The fourth-order valence-electron chi connectivity index (χ4n) is 2.87. The molecule has 0 saturated carbocycles. The molecule has 3 aromatic rings. The summed E-state index contributed by atoms with van der Waals surface area (Å²) in [5, 5.41) is 11.1. The Morgan fingerprint density at radius 3 is 2.35 bits per heavy atom. The van der Waals surface area contributed by atoms with Gasteiger partial charge in [0.1, 0.15) is 16.8 Å². The van der Waals surface area contributed by atoms with Crippen LogP contribution in [0, 0.1) is 5.92 Å². The summed E-state index contributed by atoms with van der Waals surface area (Å²) < 4.78 is 71.7. The minimum atomic E-state index is -4.71. The van der Waals surface area contributed by atoms with Crippen LogP contribution in [0.3, 0.4) is 0 Å². The molecule has 0 aliphatic rings. The molecule has 0 saturated heterocycles. The highest BCUT2D eigenvalue weighted by atomic mass is 32.2. The largest absolute Gasteiger partial charge is 0.497 e. The number of nitrogens with one attached hydrogen (secondary N) is 2. The lowest BCUT2D eigenvalue weighted by Gasteiger charge is -2.21. The van der Waals surface area contributed by atoms with Crippen molar-refractivity contribution in [1.29, 1.82) is 0 Å². The number of nitrogens with zero attached hydrogens (tertiary/aromatic N) is 2. The van der Waals surface area contributed by atoms with E-state index < -0.39 is 44.5 Å². The molecule has 2 N–H and O–H groups in total. The predicted octanol–water partition coefficient (Wildman–Crippen LogP) is 4.17. The summed E-state index contributed by atoms with van der Waals surface area (Å²) in [5.41, 5.74) is -0.370. The third-order valence-corrected chi connectivity index (χ3v) is 7.02. The van der Waals surface area contributed by atoms with E-state index in [1.54, 1.807) is 45.2 Å². The lowest BCUT2D eigenvalue weighted by molar-refractivity contribution is -0.137. The van der Waals surface area contributed by atoms with Crippen LogP contribution in [0.2, 0.25) is 0 Å². The van der Waals surface area contributed by atoms with Crippen molar-refractivity contribution < 1.29 is 31.1 Å². The summed E-state index contributed by atoms with van der Waals surface area (Å²) in [4.78, 5) is 12.2. The van der Waals surface area contributed by atoms with E-state index in [1.165, 1.54) is 0 Å². The Bertz CT molecular complexity index is 1260. The summed E-state index contributed by atoms with van der Waals surface area (Å²) in [7, 11) is -2.88. The highest BCUT2D eigenvalue weighted by Crippen LogP contribution is 2.31. The quantitative estimate of drug-likeness (QED) is 0.467. The number of sulfonamides is 1. The smallest absolute Gasteiger partial charge is 0.416 e. The fourth-order valence-corrected chi connectivity index (χ4v) is 5.02. The van der Waals surface area contributed by atoms with Gasteiger partial charge >= 0.3 is 6.18 Å². The number of halogens is 3. The van der Waals surface area contributed by atoms with Gasteiger partial charge in [-0.15, -0.1) is 10.2 Å². The van der Waals surface area contributed by atoms with E-state index >= 15 is 0 Å². The monoisotopic (exact) mass is 514 g/mol. The van der Waals surface area contributed by atoms with Crippen molar-refractivity contribution in [3.05, 3.63) is 54.1 Å². The van der Waals surface area contributed by atoms with E-state index in [4.69, 9.17) is 4.74 Å². The molecule has 0 bridgehead atoms. The zero-order valence-electron chi connectivity index (χ0n) is 18.3. The SMILES string of the molecule is COc1ccc(-c2nnc(NC(=O)C(NS(=O)(=O)c3cccc(C(F)(F)F)c3)C(C)C)s2)cc1. The van der Waals surface area contributed by atoms with E-state index in [-0.39, 0.29) is 5.13 Å². The molecule has 1 unspecified atom stereocenters. The molecule has 3 rings (SSSR count). The van der Waals surface area contributed by atoms with E-state index in [1.807, 2.05) is 0 Å². The molecule has 182 valence electrons. The number of benzene rings is 2. The van der Waals surface area contributed by atoms with Crippen molar-refractivity contribution >= 4 is 32.4 Å². The number of hydrogen-bond acceptors (Lipinski definition) is 7. The molecule has 0 fully saturated rings. The van der Waals surface area contributed by atoms with Crippen LogP contribution in [0.4, 0.5) is 18.3 Å². The molecule has 0 spiro atoms. The lowest BCUT2D eigenvalue weighted by atomic mass is 10.1. The van der Waals surface area contributed by atoms with Crippen molar-refractivity contribution in [2.24, 2.45) is 5.92 Å². The second-order valence-electron chi connectivity index (χ2n) is 7.50. The molecule has 1 heterocycles. The molecule has 0 aliphatic carbocycles. The Morgan fingerprint density at radius 1 is 1.09 bits per heavy atom. The second-order valence-corrected chi connectivity index (χ2v) is 10.2. The first-order valence-electron chi connectivity index (χ1n) is 9.89. The minimum Gasteiger partial charge on any atom is -0.497 e. The molecular formula is C21H21F3N4O4S2. The summed E-state index contributed by atoms with van der Waals surface area (Å²) >= 11 is 1.08. The van der Waals surface area contributed by atoms with Gasteiger partial charge < -0.3 is 4.74 Å². The van der Waals surface area contributed by atoms with Crippen LogP contribution >= 0.6 is 11.3 Å². The Balaban J connectivity index is 1.77. The number of anilines is 1. The van der Waals surface area contributed by atoms with Crippen molar-refractivity contribution in [2.45, 2.75) is 31.0 Å². The number of carbonyl (C=O) groups is 1. The highest BCUT2D eigenvalue weighted by molar-refractivity contribution is 7.89. The predicted molar refractivity (Wildman–Crippen MR) is 121 cm³/mol. The van der Waals surface area contributed by atoms with E-state index in [0.717, 1.165) is 35.1 Å². The molecule has 0 radical (unpaired) electrons. The maximum Gasteiger partial charge on any atom is 0.416 e. The van der Waals surface area contributed by atoms with Crippen LogP contribution in [0.25, 0.3) is 10.6 Å².